The first kappa shape index (κ1) is 23.8. The Labute approximate surface area is 201 Å². The minimum absolute atomic E-state index is 0.0747. The second-order valence-corrected chi connectivity index (χ2v) is 12.5. The van der Waals surface area contributed by atoms with Crippen LogP contribution in [0, 0.1) is 0 Å². The van der Waals surface area contributed by atoms with E-state index in [-0.39, 0.29) is 10.8 Å². The zero-order valence-corrected chi connectivity index (χ0v) is 22.3. The summed E-state index contributed by atoms with van der Waals surface area (Å²) in [6.45, 7) is 20.7. The van der Waals surface area contributed by atoms with Gasteiger partial charge in [0, 0.05) is 34.9 Å². The smallest absolute Gasteiger partial charge is 0.143 e. The topological polar surface area (TPSA) is 56.5 Å². The van der Waals surface area contributed by atoms with Crippen molar-refractivity contribution < 1.29 is 0 Å². The van der Waals surface area contributed by atoms with Gasteiger partial charge in [-0.1, -0.05) is 62.3 Å². The molecule has 176 valence electrons. The van der Waals surface area contributed by atoms with Crippen LogP contribution in [0.25, 0.3) is 21.3 Å². The Hall–Kier alpha value is -2.34. The van der Waals surface area contributed by atoms with Gasteiger partial charge in [0.2, 0.25) is 0 Å². The Morgan fingerprint density at radius 3 is 2.12 bits per heavy atom. The Bertz CT molecular complexity index is 1280. The highest BCUT2D eigenvalue weighted by molar-refractivity contribution is 7.17. The summed E-state index contributed by atoms with van der Waals surface area (Å²) in [6.07, 6.45) is 3.16. The van der Waals surface area contributed by atoms with E-state index in [1.807, 2.05) is 0 Å². The van der Waals surface area contributed by atoms with Gasteiger partial charge in [-0.15, -0.1) is 11.3 Å². The minimum Gasteiger partial charge on any atom is -0.332 e. The van der Waals surface area contributed by atoms with Gasteiger partial charge in [-0.3, -0.25) is 0 Å². The van der Waals surface area contributed by atoms with Gasteiger partial charge in [0.05, 0.1) is 21.6 Å². The largest absolute Gasteiger partial charge is 0.332 e. The highest BCUT2D eigenvalue weighted by Crippen LogP contribution is 2.33. The van der Waals surface area contributed by atoms with Crippen LogP contribution >= 0.6 is 11.3 Å². The molecule has 0 amide bonds. The van der Waals surface area contributed by atoms with Gasteiger partial charge < -0.3 is 4.57 Å². The lowest BCUT2D eigenvalue weighted by Gasteiger charge is -2.21. The summed E-state index contributed by atoms with van der Waals surface area (Å²) in [6, 6.07) is 4.30. The molecule has 0 spiro atoms. The Morgan fingerprint density at radius 1 is 0.848 bits per heavy atom. The molecule has 0 N–H and O–H groups in total. The van der Waals surface area contributed by atoms with E-state index in [4.69, 9.17) is 19.9 Å². The molecule has 0 saturated carbocycles. The van der Waals surface area contributed by atoms with Crippen LogP contribution in [-0.2, 0) is 17.4 Å². The maximum atomic E-state index is 5.05. The second kappa shape index (κ2) is 8.46. The molecule has 0 aromatic carbocycles. The van der Waals surface area contributed by atoms with Gasteiger partial charge in [-0.05, 0) is 29.9 Å². The van der Waals surface area contributed by atoms with Crippen molar-refractivity contribution in [2.45, 2.75) is 97.9 Å². The third-order valence-electron chi connectivity index (χ3n) is 6.14. The van der Waals surface area contributed by atoms with Gasteiger partial charge in [-0.25, -0.2) is 19.9 Å². The van der Waals surface area contributed by atoms with Crippen LogP contribution in [0.3, 0.4) is 0 Å². The molecule has 0 bridgehead atoms. The van der Waals surface area contributed by atoms with Crippen LogP contribution in [0.4, 0.5) is 0 Å². The zero-order chi connectivity index (χ0) is 24.1. The molecule has 33 heavy (non-hydrogen) atoms. The Kier molecular flexibility index (Phi) is 6.10. The Balaban J connectivity index is 1.68. The first-order valence-corrected chi connectivity index (χ1v) is 12.9. The summed E-state index contributed by atoms with van der Waals surface area (Å²) >= 11 is 1.74. The molecular formula is C27H37N5S. The normalized spacial score (nSPS) is 14.0. The summed E-state index contributed by atoms with van der Waals surface area (Å²) < 4.78 is 3.51. The number of aryl methyl sites for hydroxylation is 1. The lowest BCUT2D eigenvalue weighted by atomic mass is 9.94. The van der Waals surface area contributed by atoms with Crippen molar-refractivity contribution in [1.82, 2.24) is 24.5 Å². The van der Waals surface area contributed by atoms with Crippen molar-refractivity contribution in [2.75, 3.05) is 0 Å². The van der Waals surface area contributed by atoms with Gasteiger partial charge >= 0.3 is 0 Å². The SMILES string of the molecule is CC(C)c1nc(C(C)(C)C)nc2c1ccn2CCC(C)c1nc(C(C)(C)C)nc2ccsc12. The average molecular weight is 464 g/mol. The van der Waals surface area contributed by atoms with E-state index in [0.717, 1.165) is 41.5 Å². The fraction of sp³-hybridized carbons (Fsp3) is 0.556. The van der Waals surface area contributed by atoms with Crippen molar-refractivity contribution in [1.29, 1.82) is 0 Å². The quantitative estimate of drug-likeness (QED) is 0.310. The first-order chi connectivity index (χ1) is 15.4. The minimum atomic E-state index is -0.0880. The van der Waals surface area contributed by atoms with E-state index >= 15 is 0 Å². The molecule has 0 saturated heterocycles. The van der Waals surface area contributed by atoms with Crippen LogP contribution < -0.4 is 0 Å². The Morgan fingerprint density at radius 2 is 1.48 bits per heavy atom. The molecule has 5 nitrogen and oxygen atoms in total. The lowest BCUT2D eigenvalue weighted by Crippen LogP contribution is -2.18. The van der Waals surface area contributed by atoms with E-state index in [1.165, 1.54) is 15.8 Å². The van der Waals surface area contributed by atoms with Crippen molar-refractivity contribution in [2.24, 2.45) is 0 Å². The third-order valence-corrected chi connectivity index (χ3v) is 7.06. The van der Waals surface area contributed by atoms with E-state index in [9.17, 15) is 0 Å². The van der Waals surface area contributed by atoms with E-state index in [0.29, 0.717) is 11.8 Å². The second-order valence-electron chi connectivity index (χ2n) is 11.6. The van der Waals surface area contributed by atoms with Crippen LogP contribution in [0.5, 0.6) is 0 Å². The summed E-state index contributed by atoms with van der Waals surface area (Å²) in [5, 5.41) is 3.29. The molecule has 1 atom stereocenters. The summed E-state index contributed by atoms with van der Waals surface area (Å²) in [4.78, 5) is 19.9. The van der Waals surface area contributed by atoms with E-state index < -0.39 is 0 Å². The maximum Gasteiger partial charge on any atom is 0.143 e. The standard InChI is InChI=1S/C27H37N5S/c1-16(2)20-18-11-14-32(23(18)31-25(29-20)27(7,8)9)13-10-17(3)21-22-19(12-15-33-22)28-24(30-21)26(4,5)6/h11-12,14-17H,10,13H2,1-9H3. The molecule has 4 heterocycles. The number of rotatable bonds is 5. The van der Waals surface area contributed by atoms with Crippen molar-refractivity contribution in [3.8, 4) is 0 Å². The van der Waals surface area contributed by atoms with Crippen molar-refractivity contribution >= 4 is 32.6 Å². The molecule has 4 rings (SSSR count). The molecule has 0 aliphatic rings. The highest BCUT2D eigenvalue weighted by Gasteiger charge is 2.24. The van der Waals surface area contributed by atoms with Gasteiger partial charge in [-0.2, -0.15) is 0 Å². The van der Waals surface area contributed by atoms with Crippen LogP contribution in [0.1, 0.15) is 104 Å². The van der Waals surface area contributed by atoms with Gasteiger partial charge in [0.25, 0.3) is 0 Å². The fourth-order valence-electron chi connectivity index (χ4n) is 4.07. The number of hydrogen-bond donors (Lipinski definition) is 0. The van der Waals surface area contributed by atoms with Crippen LogP contribution in [-0.4, -0.2) is 24.5 Å². The number of thiophene rings is 1. The highest BCUT2D eigenvalue weighted by atomic mass is 32.1. The van der Waals surface area contributed by atoms with E-state index in [1.54, 1.807) is 11.3 Å². The van der Waals surface area contributed by atoms with E-state index in [2.05, 4.69) is 90.6 Å². The molecular weight excluding hydrogens is 426 g/mol. The lowest BCUT2D eigenvalue weighted by molar-refractivity contribution is 0.528. The average Bonchev–Trinajstić information content (AvgIpc) is 3.35. The molecule has 0 aliphatic heterocycles. The predicted octanol–water partition coefficient (Wildman–Crippen LogP) is 7.35. The van der Waals surface area contributed by atoms with Crippen molar-refractivity contribution in [3.05, 3.63) is 46.7 Å². The molecule has 4 aromatic rings. The maximum absolute atomic E-state index is 5.05. The number of aromatic nitrogens is 5. The van der Waals surface area contributed by atoms with Gasteiger partial charge in [0.1, 0.15) is 17.3 Å². The number of hydrogen-bond acceptors (Lipinski definition) is 5. The molecule has 1 unspecified atom stereocenters. The number of nitrogens with zero attached hydrogens (tertiary/aromatic N) is 5. The summed E-state index contributed by atoms with van der Waals surface area (Å²) in [5.41, 5.74) is 4.26. The molecule has 0 aliphatic carbocycles. The predicted molar refractivity (Wildman–Crippen MR) is 139 cm³/mol. The molecule has 6 heteroatoms. The van der Waals surface area contributed by atoms with Crippen LogP contribution in [0.15, 0.2) is 23.7 Å². The molecule has 0 radical (unpaired) electrons. The summed E-state index contributed by atoms with van der Waals surface area (Å²) in [7, 11) is 0. The third kappa shape index (κ3) is 4.68. The molecule has 0 fully saturated rings. The van der Waals surface area contributed by atoms with Crippen molar-refractivity contribution in [3.63, 3.8) is 0 Å². The molecule has 4 aromatic heterocycles. The summed E-state index contributed by atoms with van der Waals surface area (Å²) in [5.74, 6) is 2.51. The fourth-order valence-corrected chi connectivity index (χ4v) is 5.00. The zero-order valence-electron chi connectivity index (χ0n) is 21.5. The number of fused-ring (bicyclic) bond motifs is 2. The van der Waals surface area contributed by atoms with Crippen LogP contribution in [0.2, 0.25) is 0 Å². The van der Waals surface area contributed by atoms with Gasteiger partial charge in [0.15, 0.2) is 0 Å². The monoisotopic (exact) mass is 463 g/mol. The first-order valence-electron chi connectivity index (χ1n) is 12.0.